The van der Waals surface area contributed by atoms with Crippen molar-refractivity contribution in [1.82, 2.24) is 24.5 Å². The summed E-state index contributed by atoms with van der Waals surface area (Å²) in [5.41, 5.74) is 2.71. The van der Waals surface area contributed by atoms with Gasteiger partial charge >= 0.3 is 0 Å². The number of para-hydroxylation sites is 1. The summed E-state index contributed by atoms with van der Waals surface area (Å²) < 4.78 is 14.3. The van der Waals surface area contributed by atoms with Crippen LogP contribution in [0.25, 0.3) is 16.7 Å². The van der Waals surface area contributed by atoms with E-state index < -0.39 is 0 Å². The highest BCUT2D eigenvalue weighted by atomic mass is 16.7. The van der Waals surface area contributed by atoms with Crippen LogP contribution in [0.1, 0.15) is 23.4 Å². The Kier molecular flexibility index (Phi) is 6.02. The van der Waals surface area contributed by atoms with Crippen molar-refractivity contribution in [3.05, 3.63) is 100 Å². The second kappa shape index (κ2) is 9.77. The molecule has 2 aromatic heterocycles. The molecule has 0 radical (unpaired) electrons. The molecule has 0 bridgehead atoms. The van der Waals surface area contributed by atoms with E-state index in [1.807, 2.05) is 77.2 Å². The van der Waals surface area contributed by atoms with Crippen LogP contribution in [0.2, 0.25) is 0 Å². The number of nitrogens with zero attached hydrogens (tertiary/aromatic N) is 4. The summed E-state index contributed by atoms with van der Waals surface area (Å²) in [6.07, 6.45) is 1.32. The summed E-state index contributed by atoms with van der Waals surface area (Å²) in [6, 6.07) is 23.1. The molecule has 9 nitrogen and oxygen atoms in total. The molecule has 186 valence electrons. The molecule has 1 aliphatic heterocycles. The number of carbonyl (C=O) groups excluding carboxylic acids is 1. The fraction of sp³-hybridized carbons (Fsp3) is 0.214. The van der Waals surface area contributed by atoms with Crippen molar-refractivity contribution in [2.75, 3.05) is 6.79 Å². The van der Waals surface area contributed by atoms with Gasteiger partial charge in [0, 0.05) is 25.9 Å². The standard InChI is InChI=1S/C28H25N5O4/c34-26(29-17-20-10-11-23-24(16-20)37-18-36-23)13-12-25-30-31-28-32(15-14-19-6-2-1-3-7-19)27(35)21-8-4-5-9-22(21)33(25)28/h1-11,16H,12-15,17-18H2,(H,29,34). The molecule has 0 fully saturated rings. The van der Waals surface area contributed by atoms with Crippen LogP contribution in [0.4, 0.5) is 0 Å². The Morgan fingerprint density at radius 3 is 2.59 bits per heavy atom. The minimum absolute atomic E-state index is 0.0977. The lowest BCUT2D eigenvalue weighted by Gasteiger charge is -2.11. The smallest absolute Gasteiger partial charge is 0.262 e. The number of benzene rings is 3. The van der Waals surface area contributed by atoms with E-state index in [9.17, 15) is 9.59 Å². The first-order chi connectivity index (χ1) is 18.2. The fourth-order valence-electron chi connectivity index (χ4n) is 4.63. The second-order valence-corrected chi connectivity index (χ2v) is 8.93. The van der Waals surface area contributed by atoms with Crippen LogP contribution in [0.5, 0.6) is 11.5 Å². The van der Waals surface area contributed by atoms with Crippen LogP contribution in [0.15, 0.2) is 77.6 Å². The Labute approximate surface area is 212 Å². The maximum Gasteiger partial charge on any atom is 0.262 e. The van der Waals surface area contributed by atoms with Crippen molar-refractivity contribution in [2.24, 2.45) is 0 Å². The van der Waals surface area contributed by atoms with Crippen molar-refractivity contribution in [1.29, 1.82) is 0 Å². The molecule has 0 atom stereocenters. The van der Waals surface area contributed by atoms with E-state index in [0.29, 0.717) is 54.4 Å². The zero-order chi connectivity index (χ0) is 25.2. The van der Waals surface area contributed by atoms with E-state index in [0.717, 1.165) is 16.6 Å². The van der Waals surface area contributed by atoms with Gasteiger partial charge in [-0.15, -0.1) is 10.2 Å². The number of nitrogens with one attached hydrogen (secondary N) is 1. The molecule has 1 amide bonds. The van der Waals surface area contributed by atoms with Gasteiger partial charge in [-0.25, -0.2) is 0 Å². The van der Waals surface area contributed by atoms with Crippen LogP contribution in [0, 0.1) is 0 Å². The molecule has 3 heterocycles. The van der Waals surface area contributed by atoms with Gasteiger partial charge in [-0.05, 0) is 41.8 Å². The van der Waals surface area contributed by atoms with Crippen LogP contribution < -0.4 is 20.3 Å². The monoisotopic (exact) mass is 495 g/mol. The number of carbonyl (C=O) groups is 1. The summed E-state index contributed by atoms with van der Waals surface area (Å²) >= 11 is 0. The van der Waals surface area contributed by atoms with Crippen LogP contribution in [-0.4, -0.2) is 31.9 Å². The summed E-state index contributed by atoms with van der Waals surface area (Å²) in [4.78, 5) is 26.0. The molecule has 0 saturated carbocycles. The van der Waals surface area contributed by atoms with Crippen molar-refractivity contribution < 1.29 is 14.3 Å². The summed E-state index contributed by atoms with van der Waals surface area (Å²) in [5.74, 6) is 2.42. The molecule has 9 heteroatoms. The zero-order valence-corrected chi connectivity index (χ0v) is 20.1. The number of hydrogen-bond acceptors (Lipinski definition) is 6. The Hall–Kier alpha value is -4.66. The molecule has 37 heavy (non-hydrogen) atoms. The van der Waals surface area contributed by atoms with E-state index in [-0.39, 0.29) is 24.7 Å². The molecular weight excluding hydrogens is 470 g/mol. The van der Waals surface area contributed by atoms with Gasteiger partial charge in [-0.1, -0.05) is 48.5 Å². The number of hydrogen-bond donors (Lipinski definition) is 1. The number of aromatic nitrogens is 4. The predicted molar refractivity (Wildman–Crippen MR) is 138 cm³/mol. The van der Waals surface area contributed by atoms with Crippen molar-refractivity contribution in [2.45, 2.75) is 32.4 Å². The molecule has 5 aromatic rings. The van der Waals surface area contributed by atoms with Gasteiger partial charge in [0.2, 0.25) is 18.5 Å². The Bertz CT molecular complexity index is 1660. The maximum absolute atomic E-state index is 13.3. The van der Waals surface area contributed by atoms with Crippen molar-refractivity contribution >= 4 is 22.6 Å². The molecular formula is C28H25N5O4. The molecule has 1 aliphatic rings. The lowest BCUT2D eigenvalue weighted by atomic mass is 10.1. The van der Waals surface area contributed by atoms with Gasteiger partial charge < -0.3 is 14.8 Å². The topological polar surface area (TPSA) is 99.8 Å². The van der Waals surface area contributed by atoms with E-state index in [2.05, 4.69) is 15.5 Å². The predicted octanol–water partition coefficient (Wildman–Crippen LogP) is 3.26. The number of rotatable bonds is 8. The van der Waals surface area contributed by atoms with E-state index in [4.69, 9.17) is 9.47 Å². The maximum atomic E-state index is 13.3. The van der Waals surface area contributed by atoms with Crippen LogP contribution in [-0.2, 0) is 30.7 Å². The van der Waals surface area contributed by atoms with Gasteiger partial charge in [0.25, 0.3) is 5.56 Å². The van der Waals surface area contributed by atoms with Crippen molar-refractivity contribution in [3.8, 4) is 11.5 Å². The zero-order valence-electron chi connectivity index (χ0n) is 20.1. The Morgan fingerprint density at radius 1 is 0.892 bits per heavy atom. The third-order valence-electron chi connectivity index (χ3n) is 6.54. The number of fused-ring (bicyclic) bond motifs is 4. The summed E-state index contributed by atoms with van der Waals surface area (Å²) in [7, 11) is 0. The van der Waals surface area contributed by atoms with Gasteiger partial charge in [0.15, 0.2) is 11.5 Å². The molecule has 3 aromatic carbocycles. The largest absolute Gasteiger partial charge is 0.454 e. The first-order valence-corrected chi connectivity index (χ1v) is 12.2. The molecule has 0 saturated heterocycles. The normalized spacial score (nSPS) is 12.3. The average Bonchev–Trinajstić information content (AvgIpc) is 3.58. The average molecular weight is 496 g/mol. The SMILES string of the molecule is O=C(CCc1nnc2n(CCc3ccccc3)c(=O)c3ccccc3n12)NCc1ccc2c(c1)OCO2. The molecule has 0 aliphatic carbocycles. The molecule has 1 N–H and O–H groups in total. The molecule has 0 spiro atoms. The molecule has 0 unspecified atom stereocenters. The van der Waals surface area contributed by atoms with Gasteiger partial charge in [0.05, 0.1) is 10.9 Å². The minimum atomic E-state index is -0.101. The highest BCUT2D eigenvalue weighted by Gasteiger charge is 2.18. The van der Waals surface area contributed by atoms with Gasteiger partial charge in [-0.2, -0.15) is 0 Å². The summed E-state index contributed by atoms with van der Waals surface area (Å²) in [5, 5.41) is 12.3. The Balaban J connectivity index is 1.22. The van der Waals surface area contributed by atoms with E-state index in [1.165, 1.54) is 0 Å². The lowest BCUT2D eigenvalue weighted by molar-refractivity contribution is -0.121. The lowest BCUT2D eigenvalue weighted by Crippen LogP contribution is -2.25. The quantitative estimate of drug-likeness (QED) is 0.355. The first-order valence-electron chi connectivity index (χ1n) is 12.2. The Morgan fingerprint density at radius 2 is 1.70 bits per heavy atom. The molecule has 6 rings (SSSR count). The number of aryl methyl sites for hydroxylation is 3. The van der Waals surface area contributed by atoms with Crippen LogP contribution in [0.3, 0.4) is 0 Å². The van der Waals surface area contributed by atoms with E-state index >= 15 is 0 Å². The summed E-state index contributed by atoms with van der Waals surface area (Å²) in [6.45, 7) is 1.08. The third kappa shape index (κ3) is 4.51. The number of amides is 1. The fourth-order valence-corrected chi connectivity index (χ4v) is 4.63. The second-order valence-electron chi connectivity index (χ2n) is 8.93. The van der Waals surface area contributed by atoms with Gasteiger partial charge in [0.1, 0.15) is 5.82 Å². The highest BCUT2D eigenvalue weighted by Crippen LogP contribution is 2.32. The minimum Gasteiger partial charge on any atom is -0.454 e. The van der Waals surface area contributed by atoms with E-state index in [1.54, 1.807) is 4.57 Å². The van der Waals surface area contributed by atoms with Gasteiger partial charge in [-0.3, -0.25) is 18.6 Å². The number of ether oxygens (including phenoxy) is 2. The first kappa shape index (κ1) is 22.8. The third-order valence-corrected chi connectivity index (χ3v) is 6.54. The van der Waals surface area contributed by atoms with Crippen LogP contribution >= 0.6 is 0 Å². The highest BCUT2D eigenvalue weighted by molar-refractivity contribution is 5.80. The van der Waals surface area contributed by atoms with Crippen molar-refractivity contribution in [3.63, 3.8) is 0 Å².